The highest BCUT2D eigenvalue weighted by Gasteiger charge is 2.12. The Morgan fingerprint density at radius 2 is 2.13 bits per heavy atom. The smallest absolute Gasteiger partial charge is 0.238 e. The molecule has 0 amide bonds. The van der Waals surface area contributed by atoms with Crippen LogP contribution in [-0.2, 0) is 23.6 Å². The number of nitrogens with one attached hydrogen (secondary N) is 1. The molecule has 0 bridgehead atoms. The van der Waals surface area contributed by atoms with Gasteiger partial charge in [0.15, 0.2) is 5.65 Å². The summed E-state index contributed by atoms with van der Waals surface area (Å²) in [6.45, 7) is 0.185. The van der Waals surface area contributed by atoms with Gasteiger partial charge in [0, 0.05) is 31.0 Å². The normalized spacial score (nSPS) is 11.8. The minimum absolute atomic E-state index is 0.185. The Morgan fingerprint density at radius 3 is 2.83 bits per heavy atom. The molecule has 0 spiro atoms. The average Bonchev–Trinajstić information content (AvgIpc) is 2.87. The Hall–Kier alpha value is -2.52. The molecule has 0 unspecified atom stereocenters. The van der Waals surface area contributed by atoms with Crippen molar-refractivity contribution in [3.63, 3.8) is 0 Å². The molecular formula is C14H14FN5O2S. The molecule has 0 aliphatic heterocycles. The second-order valence-electron chi connectivity index (χ2n) is 5.02. The Balaban J connectivity index is 1.85. The number of benzene rings is 1. The maximum absolute atomic E-state index is 14.0. The van der Waals surface area contributed by atoms with E-state index in [2.05, 4.69) is 15.4 Å². The predicted molar refractivity (Wildman–Crippen MR) is 83.6 cm³/mol. The first-order chi connectivity index (χ1) is 10.9. The van der Waals surface area contributed by atoms with Crippen molar-refractivity contribution in [2.45, 2.75) is 11.4 Å². The third-order valence-electron chi connectivity index (χ3n) is 3.46. The number of aromatic nitrogens is 3. The zero-order valence-electron chi connectivity index (χ0n) is 12.2. The van der Waals surface area contributed by atoms with E-state index in [-0.39, 0.29) is 11.4 Å². The molecule has 120 valence electrons. The van der Waals surface area contributed by atoms with Crippen molar-refractivity contribution in [2.75, 3.05) is 5.32 Å². The number of hydrogen-bond acceptors (Lipinski definition) is 5. The van der Waals surface area contributed by atoms with Gasteiger partial charge in [-0.1, -0.05) is 6.07 Å². The van der Waals surface area contributed by atoms with Crippen LogP contribution < -0.4 is 10.5 Å². The standard InChI is InChI=1S/C14H14FN5O2S/c1-20-14-11(8-19-20)13(4-5-17-14)18-7-9-2-3-10(6-12(9)15)23(16,21)22/h2-6,8H,7H2,1H3,(H,17,18)(H2,16,21,22). The predicted octanol–water partition coefficient (Wildman–Crippen LogP) is 1.37. The highest BCUT2D eigenvalue weighted by Crippen LogP contribution is 2.22. The zero-order chi connectivity index (χ0) is 16.6. The summed E-state index contributed by atoms with van der Waals surface area (Å²) in [4.78, 5) is 3.97. The molecule has 0 aliphatic carbocycles. The minimum Gasteiger partial charge on any atom is -0.380 e. The Morgan fingerprint density at radius 1 is 1.35 bits per heavy atom. The molecule has 0 atom stereocenters. The summed E-state index contributed by atoms with van der Waals surface area (Å²) >= 11 is 0. The number of anilines is 1. The second kappa shape index (κ2) is 5.60. The maximum atomic E-state index is 14.0. The van der Waals surface area contributed by atoms with Crippen molar-refractivity contribution >= 4 is 26.7 Å². The fourth-order valence-electron chi connectivity index (χ4n) is 2.24. The molecule has 3 aromatic rings. The van der Waals surface area contributed by atoms with Crippen LogP contribution in [0, 0.1) is 5.82 Å². The van der Waals surface area contributed by atoms with E-state index in [1.807, 2.05) is 0 Å². The van der Waals surface area contributed by atoms with E-state index in [4.69, 9.17) is 5.14 Å². The van der Waals surface area contributed by atoms with Gasteiger partial charge in [0.25, 0.3) is 0 Å². The van der Waals surface area contributed by atoms with Crippen molar-refractivity contribution < 1.29 is 12.8 Å². The van der Waals surface area contributed by atoms with Crippen LogP contribution in [0.1, 0.15) is 5.56 Å². The molecule has 2 heterocycles. The number of halogens is 1. The molecule has 7 nitrogen and oxygen atoms in total. The van der Waals surface area contributed by atoms with Gasteiger partial charge in [0.05, 0.1) is 16.5 Å². The highest BCUT2D eigenvalue weighted by molar-refractivity contribution is 7.89. The number of fused-ring (bicyclic) bond motifs is 1. The molecule has 0 saturated heterocycles. The summed E-state index contributed by atoms with van der Waals surface area (Å²) in [6.07, 6.45) is 3.30. The summed E-state index contributed by atoms with van der Waals surface area (Å²) in [5, 5.41) is 13.0. The molecule has 0 fully saturated rings. The van der Waals surface area contributed by atoms with Crippen LogP contribution in [-0.4, -0.2) is 23.2 Å². The Kier molecular flexibility index (Phi) is 3.74. The van der Waals surface area contributed by atoms with Gasteiger partial charge in [-0.05, 0) is 18.2 Å². The molecule has 2 aromatic heterocycles. The quantitative estimate of drug-likeness (QED) is 0.749. The van der Waals surface area contributed by atoms with Crippen molar-refractivity contribution in [1.82, 2.24) is 14.8 Å². The molecular weight excluding hydrogens is 321 g/mol. The van der Waals surface area contributed by atoms with Gasteiger partial charge in [-0.2, -0.15) is 5.10 Å². The monoisotopic (exact) mass is 335 g/mol. The second-order valence-corrected chi connectivity index (χ2v) is 6.58. The van der Waals surface area contributed by atoms with Crippen molar-refractivity contribution in [1.29, 1.82) is 0 Å². The molecule has 23 heavy (non-hydrogen) atoms. The number of nitrogens with two attached hydrogens (primary N) is 1. The van der Waals surface area contributed by atoms with E-state index in [0.717, 1.165) is 17.1 Å². The van der Waals surface area contributed by atoms with Crippen molar-refractivity contribution in [2.24, 2.45) is 12.2 Å². The van der Waals surface area contributed by atoms with Gasteiger partial charge < -0.3 is 5.32 Å². The van der Waals surface area contributed by atoms with E-state index in [1.54, 1.807) is 30.2 Å². The first-order valence-corrected chi connectivity index (χ1v) is 8.23. The van der Waals surface area contributed by atoms with Gasteiger partial charge >= 0.3 is 0 Å². The van der Waals surface area contributed by atoms with Gasteiger partial charge in [0.2, 0.25) is 10.0 Å². The molecule has 3 rings (SSSR count). The molecule has 3 N–H and O–H groups in total. The summed E-state index contributed by atoms with van der Waals surface area (Å²) in [7, 11) is -2.13. The van der Waals surface area contributed by atoms with Crippen LogP contribution in [0.15, 0.2) is 41.6 Å². The van der Waals surface area contributed by atoms with Gasteiger partial charge in [0.1, 0.15) is 5.82 Å². The molecule has 0 saturated carbocycles. The van der Waals surface area contributed by atoms with E-state index in [9.17, 15) is 12.8 Å². The summed E-state index contributed by atoms with van der Waals surface area (Å²) in [5.74, 6) is -0.638. The van der Waals surface area contributed by atoms with Crippen LogP contribution >= 0.6 is 0 Å². The number of hydrogen-bond donors (Lipinski definition) is 2. The lowest BCUT2D eigenvalue weighted by atomic mass is 10.2. The number of nitrogens with zero attached hydrogens (tertiary/aromatic N) is 3. The molecule has 9 heteroatoms. The Bertz CT molecular complexity index is 984. The molecule has 0 aliphatic rings. The topological polar surface area (TPSA) is 103 Å². The zero-order valence-corrected chi connectivity index (χ0v) is 13.0. The lowest BCUT2D eigenvalue weighted by molar-refractivity contribution is 0.589. The van der Waals surface area contributed by atoms with Crippen molar-refractivity contribution in [3.8, 4) is 0 Å². The van der Waals surface area contributed by atoms with Crippen LogP contribution in [0.3, 0.4) is 0 Å². The SMILES string of the molecule is Cn1ncc2c(NCc3ccc(S(N)(=O)=O)cc3F)ccnc21. The summed E-state index contributed by atoms with van der Waals surface area (Å²) in [6, 6.07) is 5.35. The maximum Gasteiger partial charge on any atom is 0.238 e. The number of aryl methyl sites for hydroxylation is 1. The molecule has 0 radical (unpaired) electrons. The lowest BCUT2D eigenvalue weighted by Crippen LogP contribution is -2.13. The van der Waals surface area contributed by atoms with Crippen molar-refractivity contribution in [3.05, 3.63) is 48.0 Å². The molecule has 1 aromatic carbocycles. The third-order valence-corrected chi connectivity index (χ3v) is 4.37. The van der Waals surface area contributed by atoms with Crippen LogP contribution in [0.2, 0.25) is 0 Å². The summed E-state index contributed by atoms with van der Waals surface area (Å²) < 4.78 is 38.1. The fourth-order valence-corrected chi connectivity index (χ4v) is 2.76. The number of rotatable bonds is 4. The van der Waals surface area contributed by atoms with E-state index < -0.39 is 15.8 Å². The fraction of sp³-hybridized carbons (Fsp3) is 0.143. The van der Waals surface area contributed by atoms with Gasteiger partial charge in [-0.15, -0.1) is 0 Å². The largest absolute Gasteiger partial charge is 0.380 e. The van der Waals surface area contributed by atoms with Crippen LogP contribution in [0.4, 0.5) is 10.1 Å². The van der Waals surface area contributed by atoms with E-state index in [0.29, 0.717) is 11.2 Å². The van der Waals surface area contributed by atoms with Gasteiger partial charge in [-0.25, -0.2) is 22.9 Å². The number of pyridine rings is 1. The number of sulfonamides is 1. The first-order valence-electron chi connectivity index (χ1n) is 6.68. The first kappa shape index (κ1) is 15.4. The van der Waals surface area contributed by atoms with Crippen LogP contribution in [0.25, 0.3) is 11.0 Å². The minimum atomic E-state index is -3.91. The third kappa shape index (κ3) is 3.01. The van der Waals surface area contributed by atoms with E-state index >= 15 is 0 Å². The van der Waals surface area contributed by atoms with Crippen LogP contribution in [0.5, 0.6) is 0 Å². The average molecular weight is 335 g/mol. The Labute approximate surface area is 132 Å². The lowest BCUT2D eigenvalue weighted by Gasteiger charge is -2.09. The van der Waals surface area contributed by atoms with Gasteiger partial charge in [-0.3, -0.25) is 4.68 Å². The van der Waals surface area contributed by atoms with E-state index in [1.165, 1.54) is 12.1 Å². The highest BCUT2D eigenvalue weighted by atomic mass is 32.2. The summed E-state index contributed by atoms with van der Waals surface area (Å²) in [5.41, 5.74) is 1.80. The number of primary sulfonamides is 1.